The monoisotopic (exact) mass is 749 g/mol. The van der Waals surface area contributed by atoms with E-state index in [1.807, 2.05) is 0 Å². The van der Waals surface area contributed by atoms with Crippen LogP contribution in [0.4, 0.5) is 0 Å². The predicted molar refractivity (Wildman–Crippen MR) is 189 cm³/mol. The van der Waals surface area contributed by atoms with Gasteiger partial charge in [0.05, 0.1) is 60.9 Å². The van der Waals surface area contributed by atoms with Crippen LogP contribution in [0.25, 0.3) is 32.3 Å². The third kappa shape index (κ3) is 6.36. The number of hydrogen-bond donors (Lipinski definition) is 0. The van der Waals surface area contributed by atoms with Gasteiger partial charge in [0.25, 0.3) is 0 Å². The normalized spacial score (nSPS) is 19.5. The Kier molecular flexibility index (Phi) is 10.3. The molecule has 4 aromatic rings. The minimum atomic E-state index is -4.22. The molecule has 0 N–H and O–H groups in total. The molecule has 16 heteroatoms. The molecule has 13 nitrogen and oxygen atoms in total. The fourth-order valence-corrected chi connectivity index (χ4v) is 12.0. The second kappa shape index (κ2) is 14.4. The van der Waals surface area contributed by atoms with Crippen molar-refractivity contribution in [2.24, 2.45) is 0 Å². The number of sulfonamides is 3. The number of unbranched alkanes of at least 4 members (excludes halogenated alkanes) is 3. The number of hydrogen-bond acceptors (Lipinski definition) is 10. The predicted octanol–water partition coefficient (Wildman–Crippen LogP) is 3.61. The second-order valence-corrected chi connectivity index (χ2v) is 18.5. The Bertz CT molecular complexity index is 2120. The van der Waals surface area contributed by atoms with Crippen molar-refractivity contribution in [3.63, 3.8) is 0 Å². The van der Waals surface area contributed by atoms with Crippen molar-refractivity contribution in [1.29, 1.82) is 0 Å². The van der Waals surface area contributed by atoms with Gasteiger partial charge in [0, 0.05) is 77.7 Å². The fraction of sp³-hybridized carbons (Fsp3) is 0.529. The molecule has 0 aromatic heterocycles. The molecule has 0 aliphatic carbocycles. The van der Waals surface area contributed by atoms with Crippen LogP contribution in [0.3, 0.4) is 0 Å². The van der Waals surface area contributed by atoms with Crippen LogP contribution in [0.15, 0.2) is 51.1 Å². The van der Waals surface area contributed by atoms with Gasteiger partial charge in [0.15, 0.2) is 0 Å². The number of morpholine rings is 3. The molecule has 3 aliphatic rings. The van der Waals surface area contributed by atoms with Gasteiger partial charge in [-0.05, 0) is 18.6 Å². The van der Waals surface area contributed by atoms with Crippen molar-refractivity contribution < 1.29 is 44.2 Å². The highest BCUT2D eigenvalue weighted by molar-refractivity contribution is 7.90. The highest BCUT2D eigenvalue weighted by Gasteiger charge is 2.36. The van der Waals surface area contributed by atoms with Gasteiger partial charge in [-0.15, -0.1) is 0 Å². The molecule has 3 aliphatic heterocycles. The van der Waals surface area contributed by atoms with Crippen LogP contribution >= 0.6 is 0 Å². The van der Waals surface area contributed by atoms with Gasteiger partial charge in [-0.3, -0.25) is 0 Å². The van der Waals surface area contributed by atoms with E-state index in [0.717, 1.165) is 25.7 Å². The third-order valence-electron chi connectivity index (χ3n) is 9.77. The fourth-order valence-electron chi connectivity index (χ4n) is 7.11. The van der Waals surface area contributed by atoms with Crippen molar-refractivity contribution in [3.05, 3.63) is 36.4 Å². The number of benzene rings is 4. The van der Waals surface area contributed by atoms with Gasteiger partial charge >= 0.3 is 0 Å². The third-order valence-corrected chi connectivity index (χ3v) is 15.6. The molecule has 0 amide bonds. The summed E-state index contributed by atoms with van der Waals surface area (Å²) in [5.41, 5.74) is 0. The Labute approximate surface area is 293 Å². The zero-order chi connectivity index (χ0) is 35.1. The molecule has 0 atom stereocenters. The molecule has 7 rings (SSSR count). The zero-order valence-corrected chi connectivity index (χ0v) is 30.6. The van der Waals surface area contributed by atoms with E-state index < -0.39 is 30.1 Å². The van der Waals surface area contributed by atoms with Crippen LogP contribution in [0.1, 0.15) is 32.6 Å². The van der Waals surface area contributed by atoms with Crippen LogP contribution in [0, 0.1) is 0 Å². The van der Waals surface area contributed by atoms with Crippen molar-refractivity contribution in [2.75, 3.05) is 85.5 Å². The Balaban J connectivity index is 1.54. The standard InChI is InChI=1S/C34H43N3O10S3/c1-2-3-4-5-16-47-29-23-30(48(38,39)35-10-17-44-18-11-35)26-8-9-28-32(50(42,43)37-14-21-46-22-15-37)24-31(27-7-6-25(29)33(26)34(27)28)49(40,41)36-12-19-45-20-13-36/h6-9,23-24H,2-5,10-22H2,1H3. The molecule has 0 saturated carbocycles. The zero-order valence-electron chi connectivity index (χ0n) is 28.1. The Morgan fingerprint density at radius 1 is 0.540 bits per heavy atom. The summed E-state index contributed by atoms with van der Waals surface area (Å²) >= 11 is 0. The molecule has 3 fully saturated rings. The van der Waals surface area contributed by atoms with Crippen molar-refractivity contribution in [1.82, 2.24) is 12.9 Å². The lowest BCUT2D eigenvalue weighted by Gasteiger charge is -2.30. The maximum atomic E-state index is 14.4. The first-order valence-electron chi connectivity index (χ1n) is 17.2. The molecule has 3 saturated heterocycles. The molecular weight excluding hydrogens is 707 g/mol. The summed E-state index contributed by atoms with van der Waals surface area (Å²) < 4.78 is 113. The highest BCUT2D eigenvalue weighted by atomic mass is 32.2. The average Bonchev–Trinajstić information content (AvgIpc) is 3.14. The van der Waals surface area contributed by atoms with Gasteiger partial charge in [-0.2, -0.15) is 12.9 Å². The maximum Gasteiger partial charge on any atom is 0.243 e. The summed E-state index contributed by atoms with van der Waals surface area (Å²) in [6.07, 6.45) is 3.81. The summed E-state index contributed by atoms with van der Waals surface area (Å²) in [5, 5.41) is 2.34. The van der Waals surface area contributed by atoms with Gasteiger partial charge in [-0.25, -0.2) is 25.3 Å². The van der Waals surface area contributed by atoms with Gasteiger partial charge < -0.3 is 18.9 Å². The smallest absolute Gasteiger partial charge is 0.243 e. The van der Waals surface area contributed by atoms with E-state index in [4.69, 9.17) is 18.9 Å². The number of ether oxygens (including phenoxy) is 4. The van der Waals surface area contributed by atoms with E-state index >= 15 is 0 Å². The first-order chi connectivity index (χ1) is 24.1. The van der Waals surface area contributed by atoms with E-state index in [-0.39, 0.29) is 93.6 Å². The summed E-state index contributed by atoms with van der Waals surface area (Å²) in [4.78, 5) is -0.294. The topological polar surface area (TPSA) is 149 Å². The molecule has 50 heavy (non-hydrogen) atoms. The van der Waals surface area contributed by atoms with Crippen LogP contribution in [0.5, 0.6) is 5.75 Å². The molecular formula is C34H43N3O10S3. The lowest BCUT2D eigenvalue weighted by molar-refractivity contribution is 0.0729. The summed E-state index contributed by atoms with van der Waals surface area (Å²) in [6, 6.07) is 9.51. The Hall–Kier alpha value is -2.67. The number of nitrogens with zero attached hydrogens (tertiary/aromatic N) is 3. The minimum absolute atomic E-state index is 0.0175. The lowest BCUT2D eigenvalue weighted by atomic mass is 9.93. The lowest BCUT2D eigenvalue weighted by Crippen LogP contribution is -2.41. The van der Waals surface area contributed by atoms with Crippen molar-refractivity contribution >= 4 is 62.4 Å². The van der Waals surface area contributed by atoms with Gasteiger partial charge in [-0.1, -0.05) is 44.4 Å². The first-order valence-corrected chi connectivity index (χ1v) is 21.5. The van der Waals surface area contributed by atoms with E-state index in [9.17, 15) is 25.3 Å². The molecule has 4 aromatic carbocycles. The van der Waals surface area contributed by atoms with E-state index in [2.05, 4.69) is 6.92 Å². The summed E-state index contributed by atoms with van der Waals surface area (Å²) in [7, 11) is -12.5. The maximum absolute atomic E-state index is 14.4. The first kappa shape index (κ1) is 35.7. The molecule has 272 valence electrons. The van der Waals surface area contributed by atoms with E-state index in [1.54, 1.807) is 30.3 Å². The minimum Gasteiger partial charge on any atom is -0.493 e. The van der Waals surface area contributed by atoms with Crippen LogP contribution in [-0.2, 0) is 44.3 Å². The Morgan fingerprint density at radius 3 is 1.34 bits per heavy atom. The highest BCUT2D eigenvalue weighted by Crippen LogP contribution is 2.46. The molecule has 0 spiro atoms. The van der Waals surface area contributed by atoms with Gasteiger partial charge in [0.2, 0.25) is 30.1 Å². The van der Waals surface area contributed by atoms with Crippen molar-refractivity contribution in [2.45, 2.75) is 47.3 Å². The van der Waals surface area contributed by atoms with E-state index in [0.29, 0.717) is 44.7 Å². The quantitative estimate of drug-likeness (QED) is 0.155. The second-order valence-electron chi connectivity index (χ2n) is 12.8. The number of rotatable bonds is 12. The molecule has 0 bridgehead atoms. The summed E-state index contributed by atoms with van der Waals surface area (Å²) in [5.74, 6) is 0.342. The van der Waals surface area contributed by atoms with Crippen molar-refractivity contribution in [3.8, 4) is 5.75 Å². The van der Waals surface area contributed by atoms with Crippen LogP contribution in [-0.4, -0.2) is 124 Å². The SMILES string of the molecule is CCCCCCOc1cc(S(=O)(=O)N2CCOCC2)c2ccc3c(S(=O)(=O)N4CCOCC4)cc(S(=O)(=O)N4CCOCC4)c4ccc1c2c43. The average molecular weight is 750 g/mol. The molecule has 0 unspecified atom stereocenters. The molecule has 3 heterocycles. The molecule has 0 radical (unpaired) electrons. The Morgan fingerprint density at radius 2 is 0.920 bits per heavy atom. The van der Waals surface area contributed by atoms with Crippen LogP contribution < -0.4 is 4.74 Å². The van der Waals surface area contributed by atoms with Crippen LogP contribution in [0.2, 0.25) is 0 Å². The van der Waals surface area contributed by atoms with Gasteiger partial charge in [0.1, 0.15) is 5.75 Å². The summed E-state index contributed by atoms with van der Waals surface area (Å²) in [6.45, 7) is 4.69. The van der Waals surface area contributed by atoms with E-state index in [1.165, 1.54) is 19.0 Å². The largest absolute Gasteiger partial charge is 0.493 e.